The predicted octanol–water partition coefficient (Wildman–Crippen LogP) is 2.38. The summed E-state index contributed by atoms with van der Waals surface area (Å²) in [5, 5.41) is 23.5. The largest absolute Gasteiger partial charge is 0.390 e. The van der Waals surface area contributed by atoms with Gasteiger partial charge in [0.25, 0.3) is 11.5 Å². The molecule has 0 bridgehead atoms. The first-order valence-electron chi connectivity index (χ1n) is 11.5. The lowest BCUT2D eigenvalue weighted by Gasteiger charge is -2.31. The van der Waals surface area contributed by atoms with Crippen LogP contribution in [0, 0.1) is 0 Å². The third kappa shape index (κ3) is 4.11. The SMILES string of the molecule is CNc1cc(Nc2cccn([C@H]3C[C@H](F)C3)c2=O)nc2c(C(=O)N[C@@H]3CC[C@@](C)(O)C3)cnn12. The molecule has 3 heterocycles. The number of pyridine rings is 1. The summed E-state index contributed by atoms with van der Waals surface area (Å²) < 4.78 is 16.4. The fourth-order valence-electron chi connectivity index (χ4n) is 4.75. The van der Waals surface area contributed by atoms with Crippen molar-refractivity contribution < 1.29 is 14.3 Å². The van der Waals surface area contributed by atoms with Crippen molar-refractivity contribution in [3.05, 3.63) is 46.5 Å². The van der Waals surface area contributed by atoms with Crippen LogP contribution in [0.25, 0.3) is 5.65 Å². The van der Waals surface area contributed by atoms with Gasteiger partial charge in [-0.3, -0.25) is 9.59 Å². The molecule has 2 atom stereocenters. The van der Waals surface area contributed by atoms with E-state index in [4.69, 9.17) is 0 Å². The molecule has 4 N–H and O–H groups in total. The maximum Gasteiger partial charge on any atom is 0.274 e. The number of nitrogens with zero attached hydrogens (tertiary/aromatic N) is 4. The van der Waals surface area contributed by atoms with Crippen LogP contribution in [0.3, 0.4) is 0 Å². The smallest absolute Gasteiger partial charge is 0.274 e. The highest BCUT2D eigenvalue weighted by Crippen LogP contribution is 2.34. The van der Waals surface area contributed by atoms with Gasteiger partial charge in [0.2, 0.25) is 0 Å². The number of hydrogen-bond donors (Lipinski definition) is 4. The molecule has 34 heavy (non-hydrogen) atoms. The highest BCUT2D eigenvalue weighted by atomic mass is 19.1. The molecule has 1 amide bonds. The summed E-state index contributed by atoms with van der Waals surface area (Å²) in [5.41, 5.74) is -0.108. The lowest BCUT2D eigenvalue weighted by molar-refractivity contribution is 0.0647. The summed E-state index contributed by atoms with van der Waals surface area (Å²) in [4.78, 5) is 30.5. The number of alkyl halides is 1. The average Bonchev–Trinajstić information content (AvgIpc) is 3.35. The van der Waals surface area contributed by atoms with Crippen LogP contribution in [0.15, 0.2) is 35.4 Å². The zero-order valence-electron chi connectivity index (χ0n) is 19.1. The number of anilines is 3. The topological polar surface area (TPSA) is 126 Å². The number of hydrogen-bond acceptors (Lipinski definition) is 7. The Balaban J connectivity index is 1.43. The number of nitrogens with one attached hydrogen (secondary N) is 3. The highest BCUT2D eigenvalue weighted by Gasteiger charge is 2.34. The lowest BCUT2D eigenvalue weighted by atomic mass is 9.90. The van der Waals surface area contributed by atoms with Gasteiger partial charge in [-0.2, -0.15) is 9.61 Å². The first-order chi connectivity index (χ1) is 16.2. The molecule has 2 fully saturated rings. The van der Waals surface area contributed by atoms with Crippen LogP contribution in [0.4, 0.5) is 21.7 Å². The Kier molecular flexibility index (Phi) is 5.51. The quantitative estimate of drug-likeness (QED) is 0.437. The average molecular weight is 470 g/mol. The van der Waals surface area contributed by atoms with Gasteiger partial charge < -0.3 is 25.6 Å². The number of aliphatic hydroxyl groups is 1. The zero-order valence-corrected chi connectivity index (χ0v) is 19.1. The van der Waals surface area contributed by atoms with Crippen LogP contribution in [-0.4, -0.2) is 55.0 Å². The number of aromatic nitrogens is 4. The summed E-state index contributed by atoms with van der Waals surface area (Å²) in [6.07, 6.45) is 4.75. The maximum absolute atomic E-state index is 13.3. The standard InChI is InChI=1S/C23H28FN7O3/c1-23(34)6-5-14(11-23)27-21(32)16-12-26-31-19(25-2)10-18(29-20(16)31)28-17-4-3-7-30(22(17)33)15-8-13(24)9-15/h3-4,7,10,12-15,25,34H,5-6,8-9,11H2,1-2H3,(H,27,32)(H,28,29)/t13-,14-,15-,23-/m1/s1. The van der Waals surface area contributed by atoms with E-state index < -0.39 is 11.8 Å². The second-order valence-corrected chi connectivity index (χ2v) is 9.46. The molecule has 0 radical (unpaired) electrons. The van der Waals surface area contributed by atoms with Gasteiger partial charge in [-0.1, -0.05) is 0 Å². The van der Waals surface area contributed by atoms with Crippen molar-refractivity contribution in [2.45, 2.75) is 62.9 Å². The highest BCUT2D eigenvalue weighted by molar-refractivity contribution is 6.00. The molecule has 0 aromatic carbocycles. The maximum atomic E-state index is 13.3. The minimum atomic E-state index is -0.863. The van der Waals surface area contributed by atoms with Crippen molar-refractivity contribution in [1.82, 2.24) is 24.5 Å². The summed E-state index contributed by atoms with van der Waals surface area (Å²) in [7, 11) is 1.72. The first-order valence-corrected chi connectivity index (χ1v) is 11.5. The second-order valence-electron chi connectivity index (χ2n) is 9.46. The molecule has 10 nitrogen and oxygen atoms in total. The molecule has 2 saturated carbocycles. The van der Waals surface area contributed by atoms with Crippen LogP contribution < -0.4 is 21.5 Å². The van der Waals surface area contributed by atoms with Gasteiger partial charge in [0.15, 0.2) is 5.65 Å². The normalized spacial score (nSPS) is 26.3. The molecule has 0 saturated heterocycles. The van der Waals surface area contributed by atoms with E-state index in [9.17, 15) is 19.1 Å². The second kappa shape index (κ2) is 8.39. The molecule has 3 aromatic heterocycles. The molecule has 2 aliphatic carbocycles. The van der Waals surface area contributed by atoms with Crippen LogP contribution in [0.1, 0.15) is 55.4 Å². The number of fused-ring (bicyclic) bond motifs is 1. The van der Waals surface area contributed by atoms with E-state index in [0.29, 0.717) is 60.6 Å². The van der Waals surface area contributed by atoms with Crippen LogP contribution in [-0.2, 0) is 0 Å². The van der Waals surface area contributed by atoms with Crippen LogP contribution in [0.5, 0.6) is 0 Å². The van der Waals surface area contributed by atoms with E-state index >= 15 is 0 Å². The van der Waals surface area contributed by atoms with E-state index in [0.717, 1.165) is 0 Å². The fraction of sp³-hybridized carbons (Fsp3) is 0.478. The summed E-state index contributed by atoms with van der Waals surface area (Å²) in [5.74, 6) is 0.616. The third-order valence-corrected chi connectivity index (χ3v) is 6.71. The minimum Gasteiger partial charge on any atom is -0.390 e. The van der Waals surface area contributed by atoms with Crippen LogP contribution in [0.2, 0.25) is 0 Å². The van der Waals surface area contributed by atoms with Gasteiger partial charge in [-0.15, -0.1) is 0 Å². The van der Waals surface area contributed by atoms with Gasteiger partial charge in [-0.05, 0) is 51.2 Å². The van der Waals surface area contributed by atoms with Gasteiger partial charge in [0, 0.05) is 31.4 Å². The summed E-state index contributed by atoms with van der Waals surface area (Å²) >= 11 is 0. The molecule has 11 heteroatoms. The van der Waals surface area contributed by atoms with Crippen molar-refractivity contribution in [1.29, 1.82) is 0 Å². The predicted molar refractivity (Wildman–Crippen MR) is 125 cm³/mol. The number of amides is 1. The first kappa shape index (κ1) is 22.3. The molecular formula is C23H28FN7O3. The molecule has 0 aliphatic heterocycles. The molecule has 0 spiro atoms. The number of carbonyl (C=O) groups excluding carboxylic acids is 1. The van der Waals surface area contributed by atoms with Gasteiger partial charge >= 0.3 is 0 Å². The van der Waals surface area contributed by atoms with E-state index in [1.165, 1.54) is 10.7 Å². The van der Waals surface area contributed by atoms with E-state index in [1.54, 1.807) is 42.9 Å². The Bertz CT molecular complexity index is 1300. The van der Waals surface area contributed by atoms with Crippen molar-refractivity contribution in [3.8, 4) is 0 Å². The molecular weight excluding hydrogens is 441 g/mol. The number of rotatable bonds is 6. The van der Waals surface area contributed by atoms with E-state index in [2.05, 4.69) is 26.0 Å². The van der Waals surface area contributed by atoms with Crippen molar-refractivity contribution >= 4 is 28.9 Å². The molecule has 180 valence electrons. The number of carbonyl (C=O) groups is 1. The lowest BCUT2D eigenvalue weighted by Crippen LogP contribution is -2.35. The summed E-state index contributed by atoms with van der Waals surface area (Å²) in [6.45, 7) is 1.77. The Hall–Kier alpha value is -3.47. The van der Waals surface area contributed by atoms with Gasteiger partial charge in [0.05, 0.1) is 11.8 Å². The molecule has 2 aliphatic rings. The number of halogens is 1. The fourth-order valence-corrected chi connectivity index (χ4v) is 4.75. The van der Waals surface area contributed by atoms with Crippen molar-refractivity contribution in [3.63, 3.8) is 0 Å². The van der Waals surface area contributed by atoms with Crippen LogP contribution >= 0.6 is 0 Å². The Labute approximate surface area is 195 Å². The van der Waals surface area contributed by atoms with Gasteiger partial charge in [-0.25, -0.2) is 9.37 Å². The molecule has 3 aromatic rings. The van der Waals surface area contributed by atoms with E-state index in [1.807, 2.05) is 0 Å². The Morgan fingerprint density at radius 2 is 2.15 bits per heavy atom. The molecule has 5 rings (SSSR count). The van der Waals surface area contributed by atoms with Crippen molar-refractivity contribution in [2.75, 3.05) is 17.7 Å². The zero-order chi connectivity index (χ0) is 24.0. The minimum absolute atomic E-state index is 0.124. The van der Waals surface area contributed by atoms with E-state index in [-0.39, 0.29) is 23.6 Å². The van der Waals surface area contributed by atoms with Crippen molar-refractivity contribution in [2.24, 2.45) is 0 Å². The summed E-state index contributed by atoms with van der Waals surface area (Å²) in [6, 6.07) is 4.80. The monoisotopic (exact) mass is 469 g/mol. The van der Waals surface area contributed by atoms with Gasteiger partial charge in [0.1, 0.15) is 29.1 Å². The third-order valence-electron chi connectivity index (χ3n) is 6.71. The Morgan fingerprint density at radius 1 is 1.35 bits per heavy atom. The molecule has 0 unspecified atom stereocenters. The Morgan fingerprint density at radius 3 is 2.82 bits per heavy atom.